The van der Waals surface area contributed by atoms with E-state index in [2.05, 4.69) is 23.3 Å². The Morgan fingerprint density at radius 3 is 2.64 bits per heavy atom. The average molecular weight is 334 g/mol. The van der Waals surface area contributed by atoms with E-state index in [-0.39, 0.29) is 11.8 Å². The lowest BCUT2D eigenvalue weighted by Gasteiger charge is -2.13. The molecule has 0 aliphatic carbocycles. The Balaban J connectivity index is 1.67. The topological polar surface area (TPSA) is 51.2 Å². The minimum atomic E-state index is 0.00304. The van der Waals surface area contributed by atoms with Crippen LogP contribution in [0.15, 0.2) is 54.7 Å². The molecule has 0 aliphatic heterocycles. The Morgan fingerprint density at radius 1 is 1.16 bits per heavy atom. The standard InChI is InChI=1S/C21H22N2O2/c1-14-10-17-12-18(6-9-20(17)22-13-14)23-21(24)11-15(2)16-4-7-19(25-3)8-5-16/h4-10,12-13,15H,11H2,1-3H3,(H,23,24). The van der Waals surface area contributed by atoms with E-state index in [4.69, 9.17) is 4.74 Å². The number of carbonyl (C=O) groups excluding carboxylic acids is 1. The molecule has 0 radical (unpaired) electrons. The Hall–Kier alpha value is -2.88. The van der Waals surface area contributed by atoms with Gasteiger partial charge in [0, 0.05) is 23.7 Å². The van der Waals surface area contributed by atoms with Crippen LogP contribution in [0.25, 0.3) is 10.9 Å². The number of amides is 1. The summed E-state index contributed by atoms with van der Waals surface area (Å²) in [6.45, 7) is 4.06. The van der Waals surface area contributed by atoms with Gasteiger partial charge in [-0.2, -0.15) is 0 Å². The van der Waals surface area contributed by atoms with E-state index in [0.29, 0.717) is 6.42 Å². The third-order valence-electron chi connectivity index (χ3n) is 4.28. The van der Waals surface area contributed by atoms with Gasteiger partial charge in [-0.25, -0.2) is 0 Å². The molecule has 0 spiro atoms. The van der Waals surface area contributed by atoms with Gasteiger partial charge in [-0.1, -0.05) is 19.1 Å². The Labute approximate surface area is 147 Å². The maximum atomic E-state index is 12.4. The first-order valence-corrected chi connectivity index (χ1v) is 8.35. The molecule has 0 bridgehead atoms. The number of hydrogen-bond donors (Lipinski definition) is 1. The first-order chi connectivity index (χ1) is 12.0. The predicted octanol–water partition coefficient (Wildman–Crippen LogP) is 4.68. The van der Waals surface area contributed by atoms with Crippen molar-refractivity contribution in [1.29, 1.82) is 0 Å². The summed E-state index contributed by atoms with van der Waals surface area (Å²) < 4.78 is 5.17. The monoisotopic (exact) mass is 334 g/mol. The summed E-state index contributed by atoms with van der Waals surface area (Å²) in [6.07, 6.45) is 2.27. The second-order valence-electron chi connectivity index (χ2n) is 6.35. The fourth-order valence-electron chi connectivity index (χ4n) is 2.86. The fourth-order valence-corrected chi connectivity index (χ4v) is 2.86. The number of aryl methyl sites for hydroxylation is 1. The largest absolute Gasteiger partial charge is 0.497 e. The number of anilines is 1. The second-order valence-corrected chi connectivity index (χ2v) is 6.35. The highest BCUT2D eigenvalue weighted by atomic mass is 16.5. The molecule has 4 nitrogen and oxygen atoms in total. The first-order valence-electron chi connectivity index (χ1n) is 8.35. The summed E-state index contributed by atoms with van der Waals surface area (Å²) in [5.41, 5.74) is 3.94. The van der Waals surface area contributed by atoms with Gasteiger partial charge in [-0.05, 0) is 60.4 Å². The number of ether oxygens (including phenoxy) is 1. The van der Waals surface area contributed by atoms with E-state index < -0.39 is 0 Å². The fraction of sp³-hybridized carbons (Fsp3) is 0.238. The van der Waals surface area contributed by atoms with E-state index in [1.165, 1.54) is 0 Å². The van der Waals surface area contributed by atoms with E-state index in [1.54, 1.807) is 7.11 Å². The van der Waals surface area contributed by atoms with Crippen molar-refractivity contribution in [2.75, 3.05) is 12.4 Å². The predicted molar refractivity (Wildman–Crippen MR) is 101 cm³/mol. The highest BCUT2D eigenvalue weighted by Gasteiger charge is 2.12. The molecule has 1 unspecified atom stereocenters. The van der Waals surface area contributed by atoms with Crippen molar-refractivity contribution >= 4 is 22.5 Å². The van der Waals surface area contributed by atoms with E-state index >= 15 is 0 Å². The van der Waals surface area contributed by atoms with Crippen molar-refractivity contribution in [2.45, 2.75) is 26.2 Å². The summed E-state index contributed by atoms with van der Waals surface area (Å²) in [5, 5.41) is 4.01. The zero-order valence-electron chi connectivity index (χ0n) is 14.7. The summed E-state index contributed by atoms with van der Waals surface area (Å²) in [5.74, 6) is 0.957. The number of methoxy groups -OCH3 is 1. The lowest BCUT2D eigenvalue weighted by molar-refractivity contribution is -0.116. The van der Waals surface area contributed by atoms with E-state index in [1.807, 2.05) is 55.6 Å². The van der Waals surface area contributed by atoms with Crippen LogP contribution in [-0.2, 0) is 4.79 Å². The molecule has 0 saturated heterocycles. The third-order valence-corrected chi connectivity index (χ3v) is 4.28. The number of nitrogens with zero attached hydrogens (tertiary/aromatic N) is 1. The van der Waals surface area contributed by atoms with Gasteiger partial charge < -0.3 is 10.1 Å². The molecule has 2 aromatic carbocycles. The zero-order valence-corrected chi connectivity index (χ0v) is 14.7. The van der Waals surface area contributed by atoms with Gasteiger partial charge in [0.25, 0.3) is 0 Å². The number of carbonyl (C=O) groups is 1. The zero-order chi connectivity index (χ0) is 17.8. The van der Waals surface area contributed by atoms with Gasteiger partial charge in [0.2, 0.25) is 5.91 Å². The van der Waals surface area contributed by atoms with Gasteiger partial charge in [-0.15, -0.1) is 0 Å². The van der Waals surface area contributed by atoms with Crippen LogP contribution in [0.5, 0.6) is 5.75 Å². The highest BCUT2D eigenvalue weighted by Crippen LogP contribution is 2.23. The van der Waals surface area contributed by atoms with Crippen LogP contribution in [0.2, 0.25) is 0 Å². The molecular formula is C21H22N2O2. The van der Waals surface area contributed by atoms with Crippen LogP contribution < -0.4 is 10.1 Å². The summed E-state index contributed by atoms with van der Waals surface area (Å²) in [6, 6.07) is 15.7. The van der Waals surface area contributed by atoms with Crippen molar-refractivity contribution in [3.05, 3.63) is 65.9 Å². The number of nitrogens with one attached hydrogen (secondary N) is 1. The van der Waals surface area contributed by atoms with Crippen LogP contribution in [-0.4, -0.2) is 18.0 Å². The second kappa shape index (κ2) is 7.34. The number of hydrogen-bond acceptors (Lipinski definition) is 3. The van der Waals surface area contributed by atoms with Crippen LogP contribution in [0, 0.1) is 6.92 Å². The lowest BCUT2D eigenvalue weighted by atomic mass is 9.97. The maximum absolute atomic E-state index is 12.4. The van der Waals surface area contributed by atoms with Gasteiger partial charge in [0.05, 0.1) is 12.6 Å². The molecule has 1 heterocycles. The van der Waals surface area contributed by atoms with Crippen LogP contribution in [0.3, 0.4) is 0 Å². The molecule has 1 atom stereocenters. The minimum absolute atomic E-state index is 0.00304. The molecule has 0 aliphatic rings. The van der Waals surface area contributed by atoms with Crippen LogP contribution >= 0.6 is 0 Å². The Morgan fingerprint density at radius 2 is 1.92 bits per heavy atom. The molecule has 0 fully saturated rings. The highest BCUT2D eigenvalue weighted by molar-refractivity contribution is 5.94. The molecule has 3 aromatic rings. The number of rotatable bonds is 5. The first kappa shape index (κ1) is 17.0. The van der Waals surface area contributed by atoms with Crippen molar-refractivity contribution < 1.29 is 9.53 Å². The summed E-state index contributed by atoms with van der Waals surface area (Å²) in [4.78, 5) is 16.8. The van der Waals surface area contributed by atoms with Crippen LogP contribution in [0.1, 0.15) is 30.4 Å². The van der Waals surface area contributed by atoms with Crippen molar-refractivity contribution in [3.63, 3.8) is 0 Å². The van der Waals surface area contributed by atoms with Gasteiger partial charge in [0.1, 0.15) is 5.75 Å². The molecule has 1 amide bonds. The van der Waals surface area contributed by atoms with Crippen molar-refractivity contribution in [1.82, 2.24) is 4.98 Å². The Bertz CT molecular complexity index is 888. The average Bonchev–Trinajstić information content (AvgIpc) is 2.61. The lowest BCUT2D eigenvalue weighted by Crippen LogP contribution is -2.14. The minimum Gasteiger partial charge on any atom is -0.497 e. The normalized spacial score (nSPS) is 12.0. The molecule has 128 valence electrons. The molecule has 1 aromatic heterocycles. The SMILES string of the molecule is COc1ccc(C(C)CC(=O)Nc2ccc3ncc(C)cc3c2)cc1. The molecule has 4 heteroatoms. The number of fused-ring (bicyclic) bond motifs is 1. The van der Waals surface area contributed by atoms with Crippen LogP contribution in [0.4, 0.5) is 5.69 Å². The smallest absolute Gasteiger partial charge is 0.224 e. The number of pyridine rings is 1. The summed E-state index contributed by atoms with van der Waals surface area (Å²) in [7, 11) is 1.65. The van der Waals surface area contributed by atoms with Gasteiger partial charge in [0.15, 0.2) is 0 Å². The van der Waals surface area contributed by atoms with Gasteiger partial charge >= 0.3 is 0 Å². The molecule has 0 saturated carbocycles. The molecule has 25 heavy (non-hydrogen) atoms. The number of aromatic nitrogens is 1. The van der Waals surface area contributed by atoms with Crippen molar-refractivity contribution in [2.24, 2.45) is 0 Å². The maximum Gasteiger partial charge on any atom is 0.224 e. The molecule has 1 N–H and O–H groups in total. The number of benzene rings is 2. The van der Waals surface area contributed by atoms with E-state index in [9.17, 15) is 4.79 Å². The van der Waals surface area contributed by atoms with Crippen molar-refractivity contribution in [3.8, 4) is 5.75 Å². The van der Waals surface area contributed by atoms with E-state index in [0.717, 1.165) is 33.5 Å². The molecular weight excluding hydrogens is 312 g/mol. The Kier molecular flexibility index (Phi) is 4.98. The summed E-state index contributed by atoms with van der Waals surface area (Å²) >= 11 is 0. The third kappa shape index (κ3) is 4.15. The quantitative estimate of drug-likeness (QED) is 0.737. The van der Waals surface area contributed by atoms with Gasteiger partial charge in [-0.3, -0.25) is 9.78 Å². The molecule has 3 rings (SSSR count).